The van der Waals surface area contributed by atoms with Crippen LogP contribution in [0.2, 0.25) is 10.0 Å². The topological polar surface area (TPSA) is 87.3 Å². The first-order valence-corrected chi connectivity index (χ1v) is 14.3. The van der Waals surface area contributed by atoms with E-state index in [2.05, 4.69) is 16.0 Å². The van der Waals surface area contributed by atoms with Gasteiger partial charge in [-0.3, -0.25) is 14.4 Å². The van der Waals surface area contributed by atoms with Gasteiger partial charge in [0.25, 0.3) is 11.8 Å². The Morgan fingerprint density at radius 3 is 2.15 bits per heavy atom. The van der Waals surface area contributed by atoms with Gasteiger partial charge in [-0.2, -0.15) is 0 Å². The molecule has 41 heavy (non-hydrogen) atoms. The van der Waals surface area contributed by atoms with Crippen molar-refractivity contribution in [3.8, 4) is 0 Å². The molecule has 9 heteroatoms. The van der Waals surface area contributed by atoms with E-state index in [9.17, 15) is 14.4 Å². The van der Waals surface area contributed by atoms with E-state index in [0.717, 1.165) is 10.5 Å². The third kappa shape index (κ3) is 8.72. The van der Waals surface area contributed by atoms with Crippen molar-refractivity contribution in [1.29, 1.82) is 0 Å². The minimum absolute atomic E-state index is 0.0706. The molecule has 0 aliphatic heterocycles. The van der Waals surface area contributed by atoms with Gasteiger partial charge in [0, 0.05) is 31.9 Å². The van der Waals surface area contributed by atoms with E-state index in [0.29, 0.717) is 32.5 Å². The van der Waals surface area contributed by atoms with E-state index in [4.69, 9.17) is 23.2 Å². The predicted octanol–water partition coefficient (Wildman–Crippen LogP) is 7.83. The molecule has 4 rings (SSSR count). The summed E-state index contributed by atoms with van der Waals surface area (Å²) in [7, 11) is 0. The normalized spacial score (nSPS) is 11.9. The Balaban J connectivity index is 1.43. The predicted molar refractivity (Wildman–Crippen MR) is 169 cm³/mol. The molecule has 3 amide bonds. The molecular weight excluding hydrogens is 577 g/mol. The Bertz CT molecular complexity index is 1570. The summed E-state index contributed by atoms with van der Waals surface area (Å²) in [6.45, 7) is 3.72. The lowest BCUT2D eigenvalue weighted by molar-refractivity contribution is -0.115. The zero-order valence-electron chi connectivity index (χ0n) is 22.3. The van der Waals surface area contributed by atoms with Crippen LogP contribution in [0.5, 0.6) is 0 Å². The van der Waals surface area contributed by atoms with Gasteiger partial charge in [0.05, 0.1) is 5.25 Å². The maximum absolute atomic E-state index is 13.2. The average Bonchev–Trinajstić information content (AvgIpc) is 2.97. The smallest absolute Gasteiger partial charge is 0.272 e. The number of hydrogen-bond acceptors (Lipinski definition) is 4. The lowest BCUT2D eigenvalue weighted by Gasteiger charge is -2.14. The molecule has 0 bridgehead atoms. The van der Waals surface area contributed by atoms with Crippen molar-refractivity contribution in [2.75, 3.05) is 10.6 Å². The van der Waals surface area contributed by atoms with Crippen LogP contribution in [-0.4, -0.2) is 23.0 Å². The van der Waals surface area contributed by atoms with E-state index in [-0.39, 0.29) is 16.9 Å². The molecule has 0 aliphatic carbocycles. The number of carbonyl (C=O) groups excluding carboxylic acids is 3. The lowest BCUT2D eigenvalue weighted by atomic mass is 10.1. The standard InChI is InChI=1S/C32H27Cl2N3O3S/c1-20-8-11-25(34)19-28(20)36-30(38)21(2)41-27-16-14-26(15-17-27)35-32(40)29(18-22-9-12-24(33)13-10-22)37-31(39)23-6-4-3-5-7-23/h3-19,21H,1-2H3,(H,35,40)(H,36,38)(H,37,39)/b29-18-. The number of aryl methyl sites for hydroxylation is 1. The summed E-state index contributed by atoms with van der Waals surface area (Å²) in [5.41, 5.74) is 3.31. The number of hydrogen-bond donors (Lipinski definition) is 3. The Labute approximate surface area is 253 Å². The van der Waals surface area contributed by atoms with Crippen molar-refractivity contribution in [2.45, 2.75) is 24.0 Å². The van der Waals surface area contributed by atoms with Crippen LogP contribution < -0.4 is 16.0 Å². The molecule has 0 radical (unpaired) electrons. The van der Waals surface area contributed by atoms with Gasteiger partial charge in [-0.15, -0.1) is 11.8 Å². The van der Waals surface area contributed by atoms with Gasteiger partial charge in [-0.1, -0.05) is 59.6 Å². The molecule has 0 aliphatic rings. The fourth-order valence-electron chi connectivity index (χ4n) is 3.70. The van der Waals surface area contributed by atoms with E-state index >= 15 is 0 Å². The molecule has 0 saturated carbocycles. The molecule has 1 atom stereocenters. The first-order valence-electron chi connectivity index (χ1n) is 12.7. The molecule has 4 aromatic carbocycles. The quantitative estimate of drug-likeness (QED) is 0.134. The van der Waals surface area contributed by atoms with Gasteiger partial charge in [0.1, 0.15) is 5.70 Å². The molecule has 0 heterocycles. The van der Waals surface area contributed by atoms with Crippen LogP contribution in [0.15, 0.2) is 108 Å². The van der Waals surface area contributed by atoms with Gasteiger partial charge in [0.2, 0.25) is 5.91 Å². The van der Waals surface area contributed by atoms with E-state index in [1.165, 1.54) is 11.8 Å². The summed E-state index contributed by atoms with van der Waals surface area (Å²) in [5, 5.41) is 9.20. The third-order valence-corrected chi connectivity index (χ3v) is 7.56. The fraction of sp³-hybridized carbons (Fsp3) is 0.0938. The Morgan fingerprint density at radius 2 is 1.46 bits per heavy atom. The summed E-state index contributed by atoms with van der Waals surface area (Å²) in [5.74, 6) is -1.05. The molecular formula is C32H27Cl2N3O3S. The van der Waals surface area contributed by atoms with E-state index < -0.39 is 11.8 Å². The number of nitrogens with one attached hydrogen (secondary N) is 3. The van der Waals surface area contributed by atoms with Gasteiger partial charge in [-0.25, -0.2) is 0 Å². The number of carbonyl (C=O) groups is 3. The third-order valence-electron chi connectivity index (χ3n) is 5.96. The van der Waals surface area contributed by atoms with E-state index in [1.54, 1.807) is 78.9 Å². The fourth-order valence-corrected chi connectivity index (χ4v) is 4.87. The molecule has 6 nitrogen and oxygen atoms in total. The van der Waals surface area contributed by atoms with Crippen molar-refractivity contribution < 1.29 is 14.4 Å². The second-order valence-electron chi connectivity index (χ2n) is 9.12. The van der Waals surface area contributed by atoms with Crippen LogP contribution in [0.3, 0.4) is 0 Å². The molecule has 4 aromatic rings. The van der Waals surface area contributed by atoms with Crippen LogP contribution in [-0.2, 0) is 9.59 Å². The van der Waals surface area contributed by atoms with Crippen molar-refractivity contribution >= 4 is 70.1 Å². The van der Waals surface area contributed by atoms with Gasteiger partial charge in [0.15, 0.2) is 0 Å². The monoisotopic (exact) mass is 603 g/mol. The maximum Gasteiger partial charge on any atom is 0.272 e. The Morgan fingerprint density at radius 1 is 0.805 bits per heavy atom. The van der Waals surface area contributed by atoms with Crippen LogP contribution >= 0.6 is 35.0 Å². The lowest BCUT2D eigenvalue weighted by Crippen LogP contribution is -2.30. The number of anilines is 2. The highest BCUT2D eigenvalue weighted by molar-refractivity contribution is 8.00. The molecule has 0 aromatic heterocycles. The van der Waals surface area contributed by atoms with Crippen molar-refractivity contribution in [1.82, 2.24) is 5.32 Å². The second kappa shape index (κ2) is 14.0. The summed E-state index contributed by atoms with van der Waals surface area (Å²) < 4.78 is 0. The second-order valence-corrected chi connectivity index (χ2v) is 11.4. The number of thioether (sulfide) groups is 1. The van der Waals surface area contributed by atoms with Crippen molar-refractivity contribution in [3.05, 3.63) is 129 Å². The van der Waals surface area contributed by atoms with Gasteiger partial charge in [-0.05, 0) is 91.7 Å². The summed E-state index contributed by atoms with van der Waals surface area (Å²) >= 11 is 13.4. The SMILES string of the molecule is Cc1ccc(Cl)cc1NC(=O)C(C)Sc1ccc(NC(=O)/C(=C/c2ccc(Cl)cc2)NC(=O)c2ccccc2)cc1. The van der Waals surface area contributed by atoms with Crippen LogP contribution in [0.4, 0.5) is 11.4 Å². The van der Waals surface area contributed by atoms with E-state index in [1.807, 2.05) is 38.1 Å². The highest BCUT2D eigenvalue weighted by atomic mass is 35.5. The molecule has 0 fully saturated rings. The molecule has 0 saturated heterocycles. The molecule has 0 spiro atoms. The van der Waals surface area contributed by atoms with Crippen LogP contribution in [0.25, 0.3) is 6.08 Å². The Hall–Kier alpha value is -4.04. The highest BCUT2D eigenvalue weighted by Crippen LogP contribution is 2.27. The summed E-state index contributed by atoms with van der Waals surface area (Å²) in [6.07, 6.45) is 1.58. The largest absolute Gasteiger partial charge is 0.325 e. The van der Waals surface area contributed by atoms with Crippen LogP contribution in [0, 0.1) is 6.92 Å². The summed E-state index contributed by atoms with van der Waals surface area (Å²) in [6, 6.07) is 28.0. The average molecular weight is 605 g/mol. The first kappa shape index (κ1) is 29.9. The Kier molecular flexibility index (Phi) is 10.2. The van der Waals surface area contributed by atoms with Crippen LogP contribution in [0.1, 0.15) is 28.4 Å². The van der Waals surface area contributed by atoms with Crippen molar-refractivity contribution in [3.63, 3.8) is 0 Å². The minimum atomic E-state index is -0.491. The van der Waals surface area contributed by atoms with Gasteiger partial charge >= 0.3 is 0 Å². The number of amides is 3. The zero-order valence-corrected chi connectivity index (χ0v) is 24.6. The maximum atomic E-state index is 13.2. The van der Waals surface area contributed by atoms with Crippen molar-refractivity contribution in [2.24, 2.45) is 0 Å². The molecule has 3 N–H and O–H groups in total. The molecule has 1 unspecified atom stereocenters. The molecule has 208 valence electrons. The number of halogens is 2. The number of rotatable bonds is 9. The minimum Gasteiger partial charge on any atom is -0.325 e. The highest BCUT2D eigenvalue weighted by Gasteiger charge is 2.17. The summed E-state index contributed by atoms with van der Waals surface area (Å²) in [4.78, 5) is 39.7. The number of benzene rings is 4. The zero-order chi connectivity index (χ0) is 29.4. The first-order chi connectivity index (χ1) is 19.7. The van der Waals surface area contributed by atoms with Gasteiger partial charge < -0.3 is 16.0 Å².